The van der Waals surface area contributed by atoms with E-state index < -0.39 is 5.91 Å². The maximum atomic E-state index is 12.1. The molecule has 5 nitrogen and oxygen atoms in total. The van der Waals surface area contributed by atoms with Gasteiger partial charge in [-0.2, -0.15) is 0 Å². The molecule has 1 aromatic heterocycles. The van der Waals surface area contributed by atoms with Crippen molar-refractivity contribution < 1.29 is 14.7 Å². The molecule has 0 unspecified atom stereocenters. The number of pyridine rings is 1. The lowest BCUT2D eigenvalue weighted by atomic mass is 10.2. The molecule has 5 heteroatoms. The monoisotopic (exact) mass is 254 g/mol. The van der Waals surface area contributed by atoms with Gasteiger partial charge in [0.1, 0.15) is 11.4 Å². The van der Waals surface area contributed by atoms with E-state index in [-0.39, 0.29) is 23.9 Å². The average Bonchev–Trinajstić information content (AvgIpc) is 2.65. The maximum absolute atomic E-state index is 12.1. The first-order chi connectivity index (χ1) is 9.16. The first-order valence-corrected chi connectivity index (χ1v) is 5.76. The predicted molar refractivity (Wildman–Crippen MR) is 66.5 cm³/mol. The fraction of sp³-hybridized carbons (Fsp3) is 0.0714. The van der Waals surface area contributed by atoms with Gasteiger partial charge < -0.3 is 5.11 Å². The van der Waals surface area contributed by atoms with Gasteiger partial charge in [0.2, 0.25) is 0 Å². The Kier molecular flexibility index (Phi) is 2.52. The lowest BCUT2D eigenvalue weighted by molar-refractivity contribution is 0.0640. The topological polar surface area (TPSA) is 70.5 Å². The van der Waals surface area contributed by atoms with Crippen LogP contribution in [0.3, 0.4) is 0 Å². The van der Waals surface area contributed by atoms with Gasteiger partial charge in [0, 0.05) is 6.20 Å². The van der Waals surface area contributed by atoms with Crippen molar-refractivity contribution in [3.63, 3.8) is 0 Å². The summed E-state index contributed by atoms with van der Waals surface area (Å²) in [4.78, 5) is 29.2. The van der Waals surface area contributed by atoms with Crippen molar-refractivity contribution in [2.24, 2.45) is 0 Å². The van der Waals surface area contributed by atoms with Crippen molar-refractivity contribution in [3.05, 3.63) is 59.4 Å². The molecular formula is C14H10N2O3. The summed E-state index contributed by atoms with van der Waals surface area (Å²) in [5.74, 6) is -0.646. The van der Waals surface area contributed by atoms with E-state index in [2.05, 4.69) is 4.98 Å². The van der Waals surface area contributed by atoms with Crippen LogP contribution in [0, 0.1) is 0 Å². The number of carbonyl (C=O) groups excluding carboxylic acids is 2. The number of benzene rings is 1. The van der Waals surface area contributed by atoms with E-state index in [0.29, 0.717) is 11.1 Å². The molecule has 0 atom stereocenters. The van der Waals surface area contributed by atoms with Crippen LogP contribution >= 0.6 is 0 Å². The number of aromatic nitrogens is 1. The van der Waals surface area contributed by atoms with Crippen molar-refractivity contribution in [3.8, 4) is 5.75 Å². The van der Waals surface area contributed by atoms with E-state index in [1.807, 2.05) is 0 Å². The minimum absolute atomic E-state index is 0.104. The van der Waals surface area contributed by atoms with Gasteiger partial charge in [-0.15, -0.1) is 0 Å². The Morgan fingerprint density at radius 3 is 2.68 bits per heavy atom. The molecule has 1 N–H and O–H groups in total. The van der Waals surface area contributed by atoms with Gasteiger partial charge in [-0.1, -0.05) is 12.1 Å². The van der Waals surface area contributed by atoms with E-state index in [0.717, 1.165) is 4.90 Å². The third kappa shape index (κ3) is 1.85. The molecule has 3 rings (SSSR count). The van der Waals surface area contributed by atoms with E-state index in [9.17, 15) is 14.7 Å². The Hall–Kier alpha value is -2.69. The summed E-state index contributed by atoms with van der Waals surface area (Å²) >= 11 is 0. The molecular weight excluding hydrogens is 244 g/mol. The molecule has 0 spiro atoms. The van der Waals surface area contributed by atoms with Crippen LogP contribution in [0.4, 0.5) is 0 Å². The van der Waals surface area contributed by atoms with Crippen LogP contribution in [0.15, 0.2) is 42.6 Å². The SMILES string of the molecule is O=C1c2cccnc2C(=O)N1Cc1cccc(O)c1. The first kappa shape index (κ1) is 11.4. The lowest BCUT2D eigenvalue weighted by Gasteiger charge is -2.13. The molecule has 19 heavy (non-hydrogen) atoms. The highest BCUT2D eigenvalue weighted by molar-refractivity contribution is 6.20. The van der Waals surface area contributed by atoms with E-state index in [1.165, 1.54) is 18.3 Å². The van der Waals surface area contributed by atoms with Gasteiger partial charge >= 0.3 is 0 Å². The first-order valence-electron chi connectivity index (χ1n) is 5.76. The third-order valence-electron chi connectivity index (χ3n) is 2.98. The molecule has 0 fully saturated rings. The highest BCUT2D eigenvalue weighted by Crippen LogP contribution is 2.23. The molecule has 2 heterocycles. The summed E-state index contributed by atoms with van der Waals surface area (Å²) in [5, 5.41) is 9.39. The van der Waals surface area contributed by atoms with Gasteiger partial charge in [-0.25, -0.2) is 0 Å². The molecule has 0 saturated heterocycles. The highest BCUT2D eigenvalue weighted by atomic mass is 16.3. The number of aromatic hydroxyl groups is 1. The summed E-state index contributed by atoms with van der Waals surface area (Å²) in [5.41, 5.74) is 1.20. The van der Waals surface area contributed by atoms with Gasteiger partial charge in [-0.3, -0.25) is 19.5 Å². The van der Waals surface area contributed by atoms with E-state index in [1.54, 1.807) is 24.3 Å². The zero-order valence-electron chi connectivity index (χ0n) is 9.91. The molecule has 0 bridgehead atoms. The number of hydrogen-bond donors (Lipinski definition) is 1. The normalized spacial score (nSPS) is 13.8. The van der Waals surface area contributed by atoms with Crippen molar-refractivity contribution in [1.29, 1.82) is 0 Å². The number of amides is 2. The summed E-state index contributed by atoms with van der Waals surface area (Å²) in [7, 11) is 0. The Morgan fingerprint density at radius 2 is 1.95 bits per heavy atom. The number of hydrogen-bond acceptors (Lipinski definition) is 4. The maximum Gasteiger partial charge on any atom is 0.280 e. The Bertz CT molecular complexity index is 647. The van der Waals surface area contributed by atoms with Gasteiger partial charge in [-0.05, 0) is 29.8 Å². The van der Waals surface area contributed by atoms with Gasteiger partial charge in [0.15, 0.2) is 0 Å². The number of carbonyl (C=O) groups is 2. The van der Waals surface area contributed by atoms with Crippen molar-refractivity contribution in [2.45, 2.75) is 6.54 Å². The minimum atomic E-state index is -0.399. The summed E-state index contributed by atoms with van der Waals surface area (Å²) < 4.78 is 0. The molecule has 94 valence electrons. The largest absolute Gasteiger partial charge is 0.508 e. The number of nitrogens with zero attached hydrogens (tertiary/aromatic N) is 2. The number of fused-ring (bicyclic) bond motifs is 1. The van der Waals surface area contributed by atoms with Gasteiger partial charge in [0.25, 0.3) is 11.8 Å². The van der Waals surface area contributed by atoms with Crippen LogP contribution in [0.25, 0.3) is 0 Å². The highest BCUT2D eigenvalue weighted by Gasteiger charge is 2.36. The second-order valence-electron chi connectivity index (χ2n) is 4.27. The minimum Gasteiger partial charge on any atom is -0.508 e. The zero-order chi connectivity index (χ0) is 13.4. The number of phenolic OH excluding ortho intramolecular Hbond substituents is 1. The van der Waals surface area contributed by atoms with Crippen LogP contribution in [-0.4, -0.2) is 26.8 Å². The summed E-state index contributed by atoms with van der Waals surface area (Å²) in [6, 6.07) is 9.69. The fourth-order valence-corrected chi connectivity index (χ4v) is 2.09. The molecule has 2 amide bonds. The van der Waals surface area contributed by atoms with Crippen molar-refractivity contribution in [2.75, 3.05) is 0 Å². The fourth-order valence-electron chi connectivity index (χ4n) is 2.09. The average molecular weight is 254 g/mol. The summed E-state index contributed by atoms with van der Waals surface area (Å²) in [6.07, 6.45) is 1.49. The molecule has 0 radical (unpaired) electrons. The Labute approximate surface area is 109 Å². The summed E-state index contributed by atoms with van der Waals surface area (Å²) in [6.45, 7) is 0.127. The number of imide groups is 1. The second kappa shape index (κ2) is 4.20. The van der Waals surface area contributed by atoms with E-state index in [4.69, 9.17) is 0 Å². The predicted octanol–water partition coefficient (Wildman–Crippen LogP) is 1.58. The van der Waals surface area contributed by atoms with Crippen LogP contribution in [-0.2, 0) is 6.54 Å². The zero-order valence-corrected chi connectivity index (χ0v) is 9.91. The van der Waals surface area contributed by atoms with Gasteiger partial charge in [0.05, 0.1) is 12.1 Å². The lowest BCUT2D eigenvalue weighted by Crippen LogP contribution is -2.29. The number of phenols is 1. The third-order valence-corrected chi connectivity index (χ3v) is 2.98. The van der Waals surface area contributed by atoms with Crippen LogP contribution < -0.4 is 0 Å². The molecule has 2 aromatic rings. The number of rotatable bonds is 2. The van der Waals surface area contributed by atoms with Crippen molar-refractivity contribution >= 4 is 11.8 Å². The molecule has 1 aliphatic rings. The van der Waals surface area contributed by atoms with Crippen LogP contribution in [0.5, 0.6) is 5.75 Å². The Morgan fingerprint density at radius 1 is 1.11 bits per heavy atom. The van der Waals surface area contributed by atoms with Crippen LogP contribution in [0.2, 0.25) is 0 Å². The smallest absolute Gasteiger partial charge is 0.280 e. The molecule has 0 saturated carbocycles. The van der Waals surface area contributed by atoms with Crippen molar-refractivity contribution in [1.82, 2.24) is 9.88 Å². The molecule has 0 aliphatic carbocycles. The molecule has 1 aliphatic heterocycles. The standard InChI is InChI=1S/C14H10N2O3/c17-10-4-1-3-9(7-10)8-16-13(18)11-5-2-6-15-12(11)14(16)19/h1-7,17H,8H2. The quantitative estimate of drug-likeness (QED) is 0.826. The van der Waals surface area contributed by atoms with E-state index >= 15 is 0 Å². The Balaban J connectivity index is 1.92. The second-order valence-corrected chi connectivity index (χ2v) is 4.27. The van der Waals surface area contributed by atoms with Crippen LogP contribution in [0.1, 0.15) is 26.4 Å². The molecule has 1 aromatic carbocycles.